The SMILES string of the molecule is COc1ccc(C2CCCN2C(=O)c2cc(OC)ccc2Br)cc1. The van der Waals surface area contributed by atoms with Crippen molar-refractivity contribution in [2.24, 2.45) is 0 Å². The molecule has 0 N–H and O–H groups in total. The molecule has 0 aromatic heterocycles. The lowest BCUT2D eigenvalue weighted by atomic mass is 10.0. The highest BCUT2D eigenvalue weighted by atomic mass is 79.9. The van der Waals surface area contributed by atoms with Gasteiger partial charge >= 0.3 is 0 Å². The van der Waals surface area contributed by atoms with Crippen LogP contribution in [0.1, 0.15) is 34.8 Å². The van der Waals surface area contributed by atoms with Gasteiger partial charge in [0.05, 0.1) is 25.8 Å². The van der Waals surface area contributed by atoms with Gasteiger partial charge in [-0.25, -0.2) is 0 Å². The molecule has 2 aromatic rings. The maximum atomic E-state index is 13.1. The molecule has 5 heteroatoms. The van der Waals surface area contributed by atoms with Crippen LogP contribution in [0, 0.1) is 0 Å². The number of hydrogen-bond acceptors (Lipinski definition) is 3. The number of halogens is 1. The average Bonchev–Trinajstić information content (AvgIpc) is 3.11. The third kappa shape index (κ3) is 3.26. The van der Waals surface area contributed by atoms with Gasteiger partial charge in [-0.1, -0.05) is 12.1 Å². The number of hydrogen-bond donors (Lipinski definition) is 0. The Morgan fingerprint density at radius 3 is 2.42 bits per heavy atom. The number of benzene rings is 2. The molecule has 2 aromatic carbocycles. The second-order valence-electron chi connectivity index (χ2n) is 5.78. The number of nitrogens with zero attached hydrogens (tertiary/aromatic N) is 1. The van der Waals surface area contributed by atoms with E-state index in [1.807, 2.05) is 41.3 Å². The molecule has 1 amide bonds. The van der Waals surface area contributed by atoms with Crippen LogP contribution in [0.25, 0.3) is 0 Å². The van der Waals surface area contributed by atoms with E-state index in [4.69, 9.17) is 9.47 Å². The van der Waals surface area contributed by atoms with Gasteiger partial charge in [0, 0.05) is 11.0 Å². The highest BCUT2D eigenvalue weighted by Gasteiger charge is 2.31. The Balaban J connectivity index is 1.88. The molecule has 1 heterocycles. The molecule has 0 radical (unpaired) electrons. The van der Waals surface area contributed by atoms with Crippen molar-refractivity contribution in [3.63, 3.8) is 0 Å². The van der Waals surface area contributed by atoms with Crippen LogP contribution in [0.15, 0.2) is 46.9 Å². The first kappa shape index (κ1) is 16.8. The Morgan fingerprint density at radius 2 is 1.75 bits per heavy atom. The maximum absolute atomic E-state index is 13.1. The molecular weight excluding hydrogens is 370 g/mol. The lowest BCUT2D eigenvalue weighted by Crippen LogP contribution is -2.30. The fraction of sp³-hybridized carbons (Fsp3) is 0.316. The summed E-state index contributed by atoms with van der Waals surface area (Å²) in [6, 6.07) is 13.5. The molecule has 1 unspecified atom stereocenters. The zero-order valence-electron chi connectivity index (χ0n) is 13.8. The first-order valence-electron chi connectivity index (χ1n) is 7.92. The minimum absolute atomic E-state index is 0.0269. The van der Waals surface area contributed by atoms with Gasteiger partial charge in [0.2, 0.25) is 0 Å². The predicted octanol–water partition coefficient (Wildman–Crippen LogP) is 4.44. The van der Waals surface area contributed by atoms with Crippen LogP contribution in [-0.2, 0) is 0 Å². The van der Waals surface area contributed by atoms with E-state index in [1.165, 1.54) is 0 Å². The number of ether oxygens (including phenoxy) is 2. The Bertz CT molecular complexity index is 730. The average molecular weight is 390 g/mol. The molecule has 1 saturated heterocycles. The summed E-state index contributed by atoms with van der Waals surface area (Å²) in [5.41, 5.74) is 1.77. The third-order valence-corrected chi connectivity index (χ3v) is 5.11. The molecular formula is C19H20BrNO3. The molecule has 126 valence electrons. The van der Waals surface area contributed by atoms with Gasteiger partial charge in [-0.3, -0.25) is 4.79 Å². The highest BCUT2D eigenvalue weighted by molar-refractivity contribution is 9.10. The van der Waals surface area contributed by atoms with Crippen LogP contribution in [0.3, 0.4) is 0 Å². The first-order chi connectivity index (χ1) is 11.6. The summed E-state index contributed by atoms with van der Waals surface area (Å²) in [5, 5.41) is 0. The molecule has 0 bridgehead atoms. The van der Waals surface area contributed by atoms with E-state index in [-0.39, 0.29) is 11.9 Å². The number of amides is 1. The molecule has 1 aliphatic heterocycles. The third-order valence-electron chi connectivity index (χ3n) is 4.42. The fourth-order valence-corrected chi connectivity index (χ4v) is 3.55. The Hall–Kier alpha value is -2.01. The standard InChI is InChI=1S/C19H20BrNO3/c1-23-14-7-5-13(6-8-14)18-4-3-11-21(18)19(22)16-12-15(24-2)9-10-17(16)20/h5-10,12,18H,3-4,11H2,1-2H3. The minimum atomic E-state index is 0.0269. The molecule has 0 spiro atoms. The van der Waals surface area contributed by atoms with Crippen molar-refractivity contribution in [2.45, 2.75) is 18.9 Å². The summed E-state index contributed by atoms with van der Waals surface area (Å²) >= 11 is 3.48. The second-order valence-corrected chi connectivity index (χ2v) is 6.63. The van der Waals surface area contributed by atoms with Crippen LogP contribution in [-0.4, -0.2) is 31.6 Å². The van der Waals surface area contributed by atoms with Gasteiger partial charge < -0.3 is 14.4 Å². The zero-order valence-corrected chi connectivity index (χ0v) is 15.4. The molecule has 1 atom stereocenters. The normalized spacial score (nSPS) is 17.0. The summed E-state index contributed by atoms with van der Waals surface area (Å²) in [7, 11) is 3.26. The van der Waals surface area contributed by atoms with Crippen molar-refractivity contribution < 1.29 is 14.3 Å². The summed E-state index contributed by atoms with van der Waals surface area (Å²) in [4.78, 5) is 15.0. The molecule has 0 saturated carbocycles. The lowest BCUT2D eigenvalue weighted by molar-refractivity contribution is 0.0734. The van der Waals surface area contributed by atoms with Crippen LogP contribution in [0.5, 0.6) is 11.5 Å². The summed E-state index contributed by atoms with van der Waals surface area (Å²) in [6.45, 7) is 0.763. The van der Waals surface area contributed by atoms with E-state index in [9.17, 15) is 4.79 Å². The summed E-state index contributed by atoms with van der Waals surface area (Å²) < 4.78 is 11.3. The Morgan fingerprint density at radius 1 is 1.08 bits per heavy atom. The van der Waals surface area contributed by atoms with Gasteiger partial charge in [0.25, 0.3) is 5.91 Å². The van der Waals surface area contributed by atoms with E-state index in [2.05, 4.69) is 15.9 Å². The minimum Gasteiger partial charge on any atom is -0.497 e. The molecule has 3 rings (SSSR count). The number of rotatable bonds is 4. The van der Waals surface area contributed by atoms with Crippen molar-refractivity contribution in [3.8, 4) is 11.5 Å². The summed E-state index contributed by atoms with van der Waals surface area (Å²) in [6.07, 6.45) is 1.98. The maximum Gasteiger partial charge on any atom is 0.255 e. The quantitative estimate of drug-likeness (QED) is 0.775. The van der Waals surface area contributed by atoms with Crippen LogP contribution in [0.4, 0.5) is 0 Å². The lowest BCUT2D eigenvalue weighted by Gasteiger charge is -2.26. The molecule has 4 nitrogen and oxygen atoms in total. The number of carbonyl (C=O) groups is 1. The van der Waals surface area contributed by atoms with Gasteiger partial charge in [0.15, 0.2) is 0 Å². The van der Waals surface area contributed by atoms with Crippen molar-refractivity contribution in [3.05, 3.63) is 58.1 Å². The van der Waals surface area contributed by atoms with Crippen molar-refractivity contribution in [1.29, 1.82) is 0 Å². The topological polar surface area (TPSA) is 38.8 Å². The zero-order chi connectivity index (χ0) is 17.1. The largest absolute Gasteiger partial charge is 0.497 e. The van der Waals surface area contributed by atoms with E-state index in [0.717, 1.165) is 35.2 Å². The van der Waals surface area contributed by atoms with Gasteiger partial charge in [-0.2, -0.15) is 0 Å². The highest BCUT2D eigenvalue weighted by Crippen LogP contribution is 2.35. The summed E-state index contributed by atoms with van der Waals surface area (Å²) in [5.74, 6) is 1.53. The van der Waals surface area contributed by atoms with Crippen molar-refractivity contribution >= 4 is 21.8 Å². The molecule has 1 aliphatic rings. The monoisotopic (exact) mass is 389 g/mol. The van der Waals surface area contributed by atoms with Crippen LogP contribution in [0.2, 0.25) is 0 Å². The number of carbonyl (C=O) groups excluding carboxylic acids is 1. The van der Waals surface area contributed by atoms with Crippen LogP contribution < -0.4 is 9.47 Å². The van der Waals surface area contributed by atoms with E-state index < -0.39 is 0 Å². The number of likely N-dealkylation sites (tertiary alicyclic amines) is 1. The van der Waals surface area contributed by atoms with Crippen LogP contribution >= 0.6 is 15.9 Å². The molecule has 0 aliphatic carbocycles. The first-order valence-corrected chi connectivity index (χ1v) is 8.72. The fourth-order valence-electron chi connectivity index (χ4n) is 3.13. The smallest absolute Gasteiger partial charge is 0.255 e. The predicted molar refractivity (Wildman–Crippen MR) is 96.7 cm³/mol. The van der Waals surface area contributed by atoms with E-state index >= 15 is 0 Å². The Labute approximate surface area is 150 Å². The van der Waals surface area contributed by atoms with Crippen molar-refractivity contribution in [1.82, 2.24) is 4.90 Å². The molecule has 24 heavy (non-hydrogen) atoms. The second kappa shape index (κ2) is 7.26. The van der Waals surface area contributed by atoms with Gasteiger partial charge in [0.1, 0.15) is 11.5 Å². The molecule has 1 fully saturated rings. The van der Waals surface area contributed by atoms with E-state index in [0.29, 0.717) is 11.3 Å². The number of methoxy groups -OCH3 is 2. The Kier molecular flexibility index (Phi) is 5.09. The van der Waals surface area contributed by atoms with Gasteiger partial charge in [-0.05, 0) is 64.7 Å². The van der Waals surface area contributed by atoms with Crippen molar-refractivity contribution in [2.75, 3.05) is 20.8 Å². The van der Waals surface area contributed by atoms with E-state index in [1.54, 1.807) is 20.3 Å². The van der Waals surface area contributed by atoms with Gasteiger partial charge in [-0.15, -0.1) is 0 Å².